The first-order valence-electron chi connectivity index (χ1n) is 10.3. The van der Waals surface area contributed by atoms with E-state index in [2.05, 4.69) is 10.6 Å². The molecule has 3 aromatic rings. The fourth-order valence-corrected chi connectivity index (χ4v) is 4.09. The van der Waals surface area contributed by atoms with Crippen molar-refractivity contribution >= 4 is 29.3 Å². The van der Waals surface area contributed by atoms with Crippen molar-refractivity contribution in [1.29, 1.82) is 0 Å². The number of esters is 1. The van der Waals surface area contributed by atoms with E-state index in [0.29, 0.717) is 23.6 Å². The van der Waals surface area contributed by atoms with Gasteiger partial charge >= 0.3 is 12.0 Å². The highest BCUT2D eigenvalue weighted by Gasteiger charge is 2.46. The van der Waals surface area contributed by atoms with Crippen LogP contribution in [0.3, 0.4) is 0 Å². The third-order valence-corrected chi connectivity index (χ3v) is 5.74. The maximum atomic E-state index is 13.1. The Hall–Kier alpha value is -3.38. The normalized spacial score (nSPS) is 16.8. The zero-order valence-electron chi connectivity index (χ0n) is 17.5. The van der Waals surface area contributed by atoms with Crippen LogP contribution in [0.4, 0.5) is 14.9 Å². The summed E-state index contributed by atoms with van der Waals surface area (Å²) < 4.78 is 18.4. The molecule has 1 unspecified atom stereocenters. The van der Waals surface area contributed by atoms with Crippen LogP contribution >= 0.6 is 11.6 Å². The molecule has 2 N–H and O–H groups in total. The Labute approximate surface area is 190 Å². The van der Waals surface area contributed by atoms with Crippen molar-refractivity contribution < 1.29 is 18.7 Å². The van der Waals surface area contributed by atoms with Crippen molar-refractivity contribution in [3.05, 3.63) is 88.7 Å². The van der Waals surface area contributed by atoms with E-state index in [4.69, 9.17) is 16.3 Å². The van der Waals surface area contributed by atoms with Gasteiger partial charge in [0.1, 0.15) is 11.4 Å². The number of benzene rings is 3. The summed E-state index contributed by atoms with van der Waals surface area (Å²) in [6, 6.07) is 18.4. The Morgan fingerprint density at radius 1 is 0.969 bits per heavy atom. The zero-order valence-corrected chi connectivity index (χ0v) is 18.2. The molecule has 0 aliphatic heterocycles. The largest absolute Gasteiger partial charge is 0.464 e. The molecule has 32 heavy (non-hydrogen) atoms. The van der Waals surface area contributed by atoms with Gasteiger partial charge in [-0.05, 0) is 65.6 Å². The molecule has 3 aromatic carbocycles. The van der Waals surface area contributed by atoms with Crippen LogP contribution in [0, 0.1) is 5.82 Å². The monoisotopic (exact) mass is 452 g/mol. The highest BCUT2D eigenvalue weighted by Crippen LogP contribution is 2.35. The summed E-state index contributed by atoms with van der Waals surface area (Å²) in [5.41, 5.74) is 3.14. The van der Waals surface area contributed by atoms with E-state index >= 15 is 0 Å². The number of carbonyl (C=O) groups is 2. The van der Waals surface area contributed by atoms with Gasteiger partial charge in [0.15, 0.2) is 0 Å². The number of carbonyl (C=O) groups excluding carboxylic acids is 2. The predicted molar refractivity (Wildman–Crippen MR) is 122 cm³/mol. The Morgan fingerprint density at radius 3 is 2.31 bits per heavy atom. The lowest BCUT2D eigenvalue weighted by Crippen LogP contribution is -2.57. The van der Waals surface area contributed by atoms with Crippen molar-refractivity contribution in [2.75, 3.05) is 11.9 Å². The third-order valence-electron chi connectivity index (χ3n) is 5.49. The van der Waals surface area contributed by atoms with Gasteiger partial charge in [0.2, 0.25) is 0 Å². The first-order chi connectivity index (χ1) is 15.4. The lowest BCUT2D eigenvalue weighted by molar-refractivity contribution is -0.150. The molecular weight excluding hydrogens is 431 g/mol. The highest BCUT2D eigenvalue weighted by atomic mass is 35.5. The van der Waals surface area contributed by atoms with Crippen molar-refractivity contribution in [3.63, 3.8) is 0 Å². The average molecular weight is 453 g/mol. The molecule has 0 saturated heterocycles. The fourth-order valence-electron chi connectivity index (χ4n) is 3.96. The molecule has 0 fully saturated rings. The Bertz CT molecular complexity index is 1150. The minimum absolute atomic E-state index is 0.203. The summed E-state index contributed by atoms with van der Waals surface area (Å²) in [7, 11) is 0. The number of halogens is 2. The van der Waals surface area contributed by atoms with Gasteiger partial charge in [-0.15, -0.1) is 0 Å². The lowest BCUT2D eigenvalue weighted by Gasteiger charge is -2.28. The van der Waals surface area contributed by atoms with E-state index in [1.165, 1.54) is 24.3 Å². The van der Waals surface area contributed by atoms with Crippen LogP contribution in [-0.4, -0.2) is 24.1 Å². The topological polar surface area (TPSA) is 67.4 Å². The smallest absolute Gasteiger partial charge is 0.332 e. The number of urea groups is 1. The number of rotatable bonds is 5. The van der Waals surface area contributed by atoms with Gasteiger partial charge in [-0.3, -0.25) is 0 Å². The Morgan fingerprint density at radius 2 is 1.62 bits per heavy atom. The van der Waals surface area contributed by atoms with Gasteiger partial charge in [-0.1, -0.05) is 41.9 Å². The molecule has 7 heteroatoms. The zero-order chi connectivity index (χ0) is 22.7. The number of amides is 2. The number of anilines is 1. The van der Waals surface area contributed by atoms with Crippen LogP contribution < -0.4 is 10.6 Å². The van der Waals surface area contributed by atoms with Crippen LogP contribution in [0.5, 0.6) is 0 Å². The van der Waals surface area contributed by atoms with Crippen molar-refractivity contribution in [2.45, 2.75) is 25.3 Å². The Balaban J connectivity index is 1.58. The minimum Gasteiger partial charge on any atom is -0.464 e. The van der Waals surface area contributed by atoms with Crippen molar-refractivity contribution in [1.82, 2.24) is 5.32 Å². The maximum absolute atomic E-state index is 13.1. The van der Waals surface area contributed by atoms with Crippen molar-refractivity contribution in [2.24, 2.45) is 0 Å². The molecule has 0 saturated carbocycles. The number of nitrogens with one attached hydrogen (secondary N) is 2. The minimum atomic E-state index is -1.22. The summed E-state index contributed by atoms with van der Waals surface area (Å²) in [4.78, 5) is 25.6. The van der Waals surface area contributed by atoms with Gasteiger partial charge in [0.05, 0.1) is 6.61 Å². The predicted octanol–water partition coefficient (Wildman–Crippen LogP) is 5.37. The van der Waals surface area contributed by atoms with Crippen LogP contribution in [0.15, 0.2) is 66.7 Å². The quantitative estimate of drug-likeness (QED) is 0.511. The van der Waals surface area contributed by atoms with Gasteiger partial charge in [0.25, 0.3) is 0 Å². The molecule has 0 aromatic heterocycles. The van der Waals surface area contributed by atoms with Crippen LogP contribution in [-0.2, 0) is 22.4 Å². The molecule has 1 atom stereocenters. The van der Waals surface area contributed by atoms with E-state index in [-0.39, 0.29) is 6.61 Å². The highest BCUT2D eigenvalue weighted by molar-refractivity contribution is 6.30. The van der Waals surface area contributed by atoms with Crippen molar-refractivity contribution in [3.8, 4) is 11.1 Å². The standard InChI is InChI=1S/C25H22ClFN2O3/c1-2-32-23(30)25(29-24(31)28-22-11-9-21(27)10-12-22)14-18-4-3-17(13-19(18)15-25)16-5-7-20(26)8-6-16/h3-13H,2,14-15H2,1H3,(H2,28,29,31). The van der Waals surface area contributed by atoms with Gasteiger partial charge in [-0.2, -0.15) is 0 Å². The molecule has 2 amide bonds. The number of ether oxygens (including phenoxy) is 1. The molecule has 0 spiro atoms. The van der Waals surface area contributed by atoms with Crippen LogP contribution in [0.25, 0.3) is 11.1 Å². The molecule has 0 bridgehead atoms. The van der Waals surface area contributed by atoms with E-state index in [1.54, 1.807) is 6.92 Å². The second-order valence-corrected chi connectivity index (χ2v) is 8.17. The first-order valence-corrected chi connectivity index (χ1v) is 10.7. The van der Waals surface area contributed by atoms with Gasteiger partial charge < -0.3 is 15.4 Å². The third kappa shape index (κ3) is 4.60. The second-order valence-electron chi connectivity index (χ2n) is 7.73. The van der Waals surface area contributed by atoms with E-state index in [1.807, 2.05) is 42.5 Å². The number of hydrogen-bond donors (Lipinski definition) is 2. The second kappa shape index (κ2) is 9.01. The van der Waals surface area contributed by atoms with Crippen LogP contribution in [0.1, 0.15) is 18.1 Å². The molecule has 4 rings (SSSR count). The fraction of sp³-hybridized carbons (Fsp3) is 0.200. The van der Waals surface area contributed by atoms with Crippen LogP contribution in [0.2, 0.25) is 5.02 Å². The summed E-state index contributed by atoms with van der Waals surface area (Å²) >= 11 is 5.99. The first kappa shape index (κ1) is 21.8. The summed E-state index contributed by atoms with van der Waals surface area (Å²) in [5.74, 6) is -0.889. The van der Waals surface area contributed by atoms with Gasteiger partial charge in [-0.25, -0.2) is 14.0 Å². The lowest BCUT2D eigenvalue weighted by atomic mass is 9.95. The maximum Gasteiger partial charge on any atom is 0.332 e. The molecule has 0 radical (unpaired) electrons. The molecule has 5 nitrogen and oxygen atoms in total. The number of hydrogen-bond acceptors (Lipinski definition) is 3. The van der Waals surface area contributed by atoms with Gasteiger partial charge in [0, 0.05) is 23.6 Å². The molecule has 164 valence electrons. The summed E-state index contributed by atoms with van der Waals surface area (Å²) in [5, 5.41) is 6.13. The molecule has 1 aliphatic carbocycles. The molecular formula is C25H22ClFN2O3. The Kier molecular flexibility index (Phi) is 6.15. The average Bonchev–Trinajstić information content (AvgIpc) is 3.14. The molecule has 1 aliphatic rings. The van der Waals surface area contributed by atoms with E-state index in [0.717, 1.165) is 22.3 Å². The summed E-state index contributed by atoms with van der Waals surface area (Å²) in [6.07, 6.45) is 0.623. The number of fused-ring (bicyclic) bond motifs is 1. The van der Waals surface area contributed by atoms with E-state index in [9.17, 15) is 14.0 Å². The SMILES string of the molecule is CCOC(=O)C1(NC(=O)Nc2ccc(F)cc2)Cc2ccc(-c3ccc(Cl)cc3)cc2C1. The van der Waals surface area contributed by atoms with E-state index < -0.39 is 23.4 Å². The summed E-state index contributed by atoms with van der Waals surface area (Å²) in [6.45, 7) is 1.93. The molecule has 0 heterocycles.